The number of nitrogens with one attached hydrogen (secondary N) is 2. The molecule has 0 aromatic heterocycles. The molecule has 2 amide bonds. The molecule has 1 aliphatic carbocycles. The van der Waals surface area contributed by atoms with Gasteiger partial charge in [-0.15, -0.1) is 0 Å². The van der Waals surface area contributed by atoms with E-state index in [0.29, 0.717) is 17.7 Å². The van der Waals surface area contributed by atoms with E-state index in [9.17, 15) is 9.59 Å². The van der Waals surface area contributed by atoms with Gasteiger partial charge in [-0.3, -0.25) is 9.59 Å². The highest BCUT2D eigenvalue weighted by atomic mass is 16.2. The fourth-order valence-corrected chi connectivity index (χ4v) is 5.90. The molecular formula is C28H36N4O2. The van der Waals surface area contributed by atoms with Crippen molar-refractivity contribution in [3.8, 4) is 0 Å². The SMILES string of the molecule is CN1C(=O)CCc2ccc(NC(=O)c3ccccc3NC3(CN4CCCC4)CCCCC3)cc21. The Labute approximate surface area is 202 Å². The maximum absolute atomic E-state index is 13.4. The van der Waals surface area contributed by atoms with Gasteiger partial charge < -0.3 is 20.4 Å². The van der Waals surface area contributed by atoms with Gasteiger partial charge in [0.05, 0.1) is 11.1 Å². The summed E-state index contributed by atoms with van der Waals surface area (Å²) in [6.45, 7) is 3.41. The van der Waals surface area contributed by atoms with E-state index in [2.05, 4.69) is 15.5 Å². The first-order valence-corrected chi connectivity index (χ1v) is 12.8. The lowest BCUT2D eigenvalue weighted by Crippen LogP contribution is -2.49. The summed E-state index contributed by atoms with van der Waals surface area (Å²) in [4.78, 5) is 29.8. The first-order valence-electron chi connectivity index (χ1n) is 12.8. The molecule has 2 aromatic rings. The Balaban J connectivity index is 1.36. The predicted molar refractivity (Wildman–Crippen MR) is 138 cm³/mol. The normalized spacial score (nSPS) is 20.1. The van der Waals surface area contributed by atoms with E-state index in [1.54, 1.807) is 11.9 Å². The Morgan fingerprint density at radius 2 is 1.74 bits per heavy atom. The average Bonchev–Trinajstić information content (AvgIpc) is 3.35. The molecule has 5 rings (SSSR count). The molecule has 1 saturated carbocycles. The van der Waals surface area contributed by atoms with Gasteiger partial charge in [0.15, 0.2) is 0 Å². The van der Waals surface area contributed by atoms with Crippen LogP contribution in [-0.2, 0) is 11.2 Å². The average molecular weight is 461 g/mol. The van der Waals surface area contributed by atoms with Crippen LogP contribution in [0.4, 0.5) is 17.1 Å². The highest BCUT2D eigenvalue weighted by Crippen LogP contribution is 2.35. The number of rotatable bonds is 6. The zero-order valence-electron chi connectivity index (χ0n) is 20.2. The van der Waals surface area contributed by atoms with Gasteiger partial charge in [0.2, 0.25) is 5.91 Å². The van der Waals surface area contributed by atoms with E-state index in [-0.39, 0.29) is 17.4 Å². The lowest BCUT2D eigenvalue weighted by atomic mass is 9.80. The van der Waals surface area contributed by atoms with Crippen molar-refractivity contribution in [3.63, 3.8) is 0 Å². The number of carbonyl (C=O) groups excluding carboxylic acids is 2. The van der Waals surface area contributed by atoms with Gasteiger partial charge in [0.25, 0.3) is 5.91 Å². The summed E-state index contributed by atoms with van der Waals surface area (Å²) in [5, 5.41) is 6.94. The van der Waals surface area contributed by atoms with Gasteiger partial charge in [-0.25, -0.2) is 0 Å². The van der Waals surface area contributed by atoms with Crippen molar-refractivity contribution in [3.05, 3.63) is 53.6 Å². The predicted octanol–water partition coefficient (Wildman–Crippen LogP) is 5.06. The zero-order chi connectivity index (χ0) is 23.5. The van der Waals surface area contributed by atoms with Gasteiger partial charge in [-0.2, -0.15) is 0 Å². The minimum absolute atomic E-state index is 0.0217. The Hall–Kier alpha value is -2.86. The van der Waals surface area contributed by atoms with E-state index < -0.39 is 0 Å². The van der Waals surface area contributed by atoms with Crippen molar-refractivity contribution >= 4 is 28.9 Å². The molecule has 0 spiro atoms. The molecule has 0 bridgehead atoms. The lowest BCUT2D eigenvalue weighted by Gasteiger charge is -2.42. The van der Waals surface area contributed by atoms with E-state index in [1.807, 2.05) is 42.5 Å². The van der Waals surface area contributed by atoms with Crippen molar-refractivity contribution < 1.29 is 9.59 Å². The van der Waals surface area contributed by atoms with Gasteiger partial charge in [-0.05, 0) is 75.0 Å². The van der Waals surface area contributed by atoms with Crippen LogP contribution in [0.15, 0.2) is 42.5 Å². The fraction of sp³-hybridized carbons (Fsp3) is 0.500. The molecule has 2 aliphatic heterocycles. The van der Waals surface area contributed by atoms with Crippen LogP contribution >= 0.6 is 0 Å². The minimum Gasteiger partial charge on any atom is -0.378 e. The Kier molecular flexibility index (Phi) is 6.59. The van der Waals surface area contributed by atoms with E-state index in [4.69, 9.17) is 0 Å². The number of amides is 2. The topological polar surface area (TPSA) is 64.7 Å². The molecular weight excluding hydrogens is 424 g/mol. The summed E-state index contributed by atoms with van der Waals surface area (Å²) in [5.41, 5.74) is 4.33. The molecule has 1 saturated heterocycles. The summed E-state index contributed by atoms with van der Waals surface area (Å²) in [6, 6.07) is 13.7. The van der Waals surface area contributed by atoms with Crippen LogP contribution in [0.1, 0.15) is 67.3 Å². The van der Waals surface area contributed by atoms with Crippen LogP contribution in [0.3, 0.4) is 0 Å². The third-order valence-corrected chi connectivity index (χ3v) is 7.79. The standard InChI is InChI=1S/C28H36N4O2/c1-31-25-19-22(13-11-21(25)12-14-26(31)33)29-27(34)23-9-3-4-10-24(23)30-28(15-5-2-6-16-28)20-32-17-7-8-18-32/h3-4,9-11,13,19,30H,2,5-8,12,14-18,20H2,1H3,(H,29,34). The summed E-state index contributed by atoms with van der Waals surface area (Å²) < 4.78 is 0. The summed E-state index contributed by atoms with van der Waals surface area (Å²) >= 11 is 0. The Morgan fingerprint density at radius 1 is 0.971 bits per heavy atom. The van der Waals surface area contributed by atoms with Crippen LogP contribution in [0.2, 0.25) is 0 Å². The summed E-state index contributed by atoms with van der Waals surface area (Å²) in [7, 11) is 1.80. The molecule has 2 aromatic carbocycles. The second-order valence-electron chi connectivity index (χ2n) is 10.2. The number of likely N-dealkylation sites (tertiary alicyclic amines) is 1. The number of fused-ring (bicyclic) bond motifs is 1. The Morgan fingerprint density at radius 3 is 2.53 bits per heavy atom. The third kappa shape index (κ3) is 4.83. The smallest absolute Gasteiger partial charge is 0.257 e. The highest BCUT2D eigenvalue weighted by molar-refractivity contribution is 6.08. The number of aryl methyl sites for hydroxylation is 1. The zero-order valence-corrected chi connectivity index (χ0v) is 20.2. The summed E-state index contributed by atoms with van der Waals surface area (Å²) in [5.74, 6) is -0.0127. The van der Waals surface area contributed by atoms with Crippen molar-refractivity contribution in [2.75, 3.05) is 42.2 Å². The monoisotopic (exact) mass is 460 g/mol. The molecule has 2 N–H and O–H groups in total. The minimum atomic E-state index is -0.125. The van der Waals surface area contributed by atoms with E-state index in [0.717, 1.165) is 42.7 Å². The van der Waals surface area contributed by atoms with Crippen molar-refractivity contribution in [1.29, 1.82) is 0 Å². The molecule has 180 valence electrons. The van der Waals surface area contributed by atoms with Crippen molar-refractivity contribution in [1.82, 2.24) is 4.90 Å². The quantitative estimate of drug-likeness (QED) is 0.633. The maximum atomic E-state index is 13.4. The number of nitrogens with zero attached hydrogens (tertiary/aromatic N) is 2. The van der Waals surface area contributed by atoms with Gasteiger partial charge in [0.1, 0.15) is 0 Å². The second kappa shape index (κ2) is 9.79. The van der Waals surface area contributed by atoms with Crippen LogP contribution in [0.25, 0.3) is 0 Å². The summed E-state index contributed by atoms with van der Waals surface area (Å²) in [6.07, 6.45) is 9.91. The molecule has 2 fully saturated rings. The molecule has 0 unspecified atom stereocenters. The first kappa shape index (κ1) is 22.9. The molecule has 34 heavy (non-hydrogen) atoms. The van der Waals surface area contributed by atoms with Crippen molar-refractivity contribution in [2.45, 2.75) is 63.3 Å². The highest BCUT2D eigenvalue weighted by Gasteiger charge is 2.35. The maximum Gasteiger partial charge on any atom is 0.257 e. The van der Waals surface area contributed by atoms with Crippen LogP contribution in [0.5, 0.6) is 0 Å². The fourth-order valence-electron chi connectivity index (χ4n) is 5.90. The van der Waals surface area contributed by atoms with E-state index >= 15 is 0 Å². The van der Waals surface area contributed by atoms with Gasteiger partial charge >= 0.3 is 0 Å². The number of hydrogen-bond donors (Lipinski definition) is 2. The molecule has 0 radical (unpaired) electrons. The van der Waals surface area contributed by atoms with Crippen molar-refractivity contribution in [2.24, 2.45) is 0 Å². The molecule has 0 atom stereocenters. The molecule has 2 heterocycles. The van der Waals surface area contributed by atoms with Gasteiger partial charge in [-0.1, -0.05) is 37.5 Å². The largest absolute Gasteiger partial charge is 0.378 e. The lowest BCUT2D eigenvalue weighted by molar-refractivity contribution is -0.118. The van der Waals surface area contributed by atoms with Crippen LogP contribution in [-0.4, -0.2) is 48.9 Å². The van der Waals surface area contributed by atoms with Gasteiger partial charge in [0, 0.05) is 37.1 Å². The van der Waals surface area contributed by atoms with Crippen LogP contribution in [0, 0.1) is 0 Å². The molecule has 3 aliphatic rings. The van der Waals surface area contributed by atoms with Crippen LogP contribution < -0.4 is 15.5 Å². The number of benzene rings is 2. The van der Waals surface area contributed by atoms with E-state index in [1.165, 1.54) is 45.2 Å². The number of para-hydroxylation sites is 1. The number of hydrogen-bond acceptors (Lipinski definition) is 4. The third-order valence-electron chi connectivity index (χ3n) is 7.79. The molecule has 6 heteroatoms. The number of anilines is 3. The first-order chi connectivity index (χ1) is 16.5. The number of carbonyl (C=O) groups is 2. The molecule has 6 nitrogen and oxygen atoms in total. The second-order valence-corrected chi connectivity index (χ2v) is 10.2. The Bertz CT molecular complexity index is 1050.